The summed E-state index contributed by atoms with van der Waals surface area (Å²) in [7, 11) is 0. The molecule has 36 heavy (non-hydrogen) atoms. The smallest absolute Gasteiger partial charge is 0.262 e. The highest BCUT2D eigenvalue weighted by atomic mass is 35.5. The van der Waals surface area contributed by atoms with E-state index in [0.717, 1.165) is 23.1 Å². The van der Waals surface area contributed by atoms with E-state index in [-0.39, 0.29) is 24.5 Å². The second kappa shape index (κ2) is 10.7. The minimum absolute atomic E-state index is 0.0117. The highest BCUT2D eigenvalue weighted by Crippen LogP contribution is 2.38. The zero-order valence-electron chi connectivity index (χ0n) is 19.6. The van der Waals surface area contributed by atoms with Crippen LogP contribution in [0.5, 0.6) is 5.75 Å². The summed E-state index contributed by atoms with van der Waals surface area (Å²) in [6.45, 7) is 0.469. The van der Waals surface area contributed by atoms with Crippen LogP contribution in [0.3, 0.4) is 0 Å². The summed E-state index contributed by atoms with van der Waals surface area (Å²) >= 11 is 6.00. The van der Waals surface area contributed by atoms with Gasteiger partial charge in [-0.3, -0.25) is 9.59 Å². The maximum atomic E-state index is 13.5. The molecule has 1 N–H and O–H groups in total. The van der Waals surface area contributed by atoms with Crippen molar-refractivity contribution in [1.29, 1.82) is 0 Å². The van der Waals surface area contributed by atoms with Crippen molar-refractivity contribution in [2.75, 3.05) is 18.5 Å². The van der Waals surface area contributed by atoms with Gasteiger partial charge in [0.25, 0.3) is 11.8 Å². The predicted octanol–water partition coefficient (Wildman–Crippen LogP) is 6.15. The van der Waals surface area contributed by atoms with Crippen LogP contribution in [-0.4, -0.2) is 29.9 Å². The normalized spacial score (nSPS) is 14.6. The van der Waals surface area contributed by atoms with Crippen molar-refractivity contribution in [2.45, 2.75) is 12.5 Å². The third-order valence-corrected chi connectivity index (χ3v) is 6.46. The van der Waals surface area contributed by atoms with Crippen LogP contribution in [0.2, 0.25) is 5.02 Å². The first-order valence-electron chi connectivity index (χ1n) is 11.8. The van der Waals surface area contributed by atoms with E-state index in [1.54, 1.807) is 24.3 Å². The number of hydrogen-bond donors (Lipinski definition) is 1. The van der Waals surface area contributed by atoms with E-state index in [4.69, 9.17) is 16.3 Å². The molecule has 4 aromatic rings. The molecule has 1 aliphatic rings. The fraction of sp³-hybridized carbons (Fsp3) is 0.133. The molecule has 5 rings (SSSR count). The fourth-order valence-electron chi connectivity index (χ4n) is 4.56. The van der Waals surface area contributed by atoms with Gasteiger partial charge in [-0.15, -0.1) is 0 Å². The zero-order chi connectivity index (χ0) is 24.9. The maximum absolute atomic E-state index is 13.5. The Balaban J connectivity index is 1.40. The summed E-state index contributed by atoms with van der Waals surface area (Å²) in [5.74, 6) is 0.280. The van der Waals surface area contributed by atoms with Crippen LogP contribution in [0.1, 0.15) is 33.1 Å². The molecule has 0 aromatic heterocycles. The molecule has 2 amide bonds. The fourth-order valence-corrected chi connectivity index (χ4v) is 4.75. The molecule has 1 heterocycles. The topological polar surface area (TPSA) is 58.6 Å². The first-order chi connectivity index (χ1) is 17.6. The molecule has 6 heteroatoms. The molecule has 0 bridgehead atoms. The Morgan fingerprint density at radius 1 is 0.889 bits per heavy atom. The lowest BCUT2D eigenvalue weighted by Gasteiger charge is -2.38. The predicted molar refractivity (Wildman–Crippen MR) is 141 cm³/mol. The number of hydrogen-bond acceptors (Lipinski definition) is 3. The number of nitrogens with zero attached hydrogens (tertiary/aromatic N) is 1. The molecule has 0 spiro atoms. The lowest BCUT2D eigenvalue weighted by molar-refractivity contribution is -0.118. The third-order valence-electron chi connectivity index (χ3n) is 6.22. The van der Waals surface area contributed by atoms with Crippen molar-refractivity contribution in [3.8, 4) is 5.75 Å². The van der Waals surface area contributed by atoms with Crippen LogP contribution in [0.25, 0.3) is 0 Å². The Morgan fingerprint density at radius 2 is 1.64 bits per heavy atom. The zero-order valence-corrected chi connectivity index (χ0v) is 20.3. The standard InChI is InChI=1S/C30H25ClN2O3/c31-24-12-7-13-25(18-24)32-28(34)20-36-26-15-14-21-16-17-33(30(35)23-10-5-2-6-11-23)29(27(21)19-26)22-8-3-1-4-9-22/h1-15,18-19,29H,16-17,20H2,(H,32,34)/t29-/m1/s1. The lowest BCUT2D eigenvalue weighted by Crippen LogP contribution is -2.40. The molecule has 5 nitrogen and oxygen atoms in total. The van der Waals surface area contributed by atoms with Crippen LogP contribution in [-0.2, 0) is 11.2 Å². The largest absolute Gasteiger partial charge is 0.484 e. The Bertz CT molecular complexity index is 1380. The van der Waals surface area contributed by atoms with Gasteiger partial charge in [0, 0.05) is 22.8 Å². The maximum Gasteiger partial charge on any atom is 0.262 e. The summed E-state index contributed by atoms with van der Waals surface area (Å²) in [6.07, 6.45) is 0.743. The number of nitrogens with one attached hydrogen (secondary N) is 1. The van der Waals surface area contributed by atoms with E-state index in [2.05, 4.69) is 5.32 Å². The van der Waals surface area contributed by atoms with Crippen molar-refractivity contribution in [2.24, 2.45) is 0 Å². The number of ether oxygens (including phenoxy) is 1. The van der Waals surface area contributed by atoms with E-state index in [0.29, 0.717) is 28.6 Å². The van der Waals surface area contributed by atoms with Crippen LogP contribution >= 0.6 is 11.6 Å². The van der Waals surface area contributed by atoms with Crippen LogP contribution in [0.15, 0.2) is 103 Å². The van der Waals surface area contributed by atoms with Crippen molar-refractivity contribution in [3.63, 3.8) is 0 Å². The molecule has 0 radical (unpaired) electrons. The Hall–Kier alpha value is -4.09. The molecular formula is C30H25ClN2O3. The van der Waals surface area contributed by atoms with Crippen molar-refractivity contribution in [3.05, 3.63) is 130 Å². The number of rotatable bonds is 6. The van der Waals surface area contributed by atoms with Crippen LogP contribution < -0.4 is 10.1 Å². The van der Waals surface area contributed by atoms with E-state index in [1.807, 2.05) is 83.8 Å². The van der Waals surface area contributed by atoms with Gasteiger partial charge >= 0.3 is 0 Å². The summed E-state index contributed by atoms with van der Waals surface area (Å²) in [5.41, 5.74) is 4.47. The molecule has 0 fully saturated rings. The molecule has 180 valence electrons. The van der Waals surface area contributed by atoms with Gasteiger partial charge in [0.2, 0.25) is 0 Å². The summed E-state index contributed by atoms with van der Waals surface area (Å²) < 4.78 is 5.85. The number of benzene rings is 4. The van der Waals surface area contributed by atoms with Crippen molar-refractivity contribution >= 4 is 29.1 Å². The van der Waals surface area contributed by atoms with E-state index in [1.165, 1.54) is 0 Å². The third kappa shape index (κ3) is 5.26. The van der Waals surface area contributed by atoms with Gasteiger partial charge in [0.1, 0.15) is 5.75 Å². The van der Waals surface area contributed by atoms with Gasteiger partial charge in [-0.25, -0.2) is 0 Å². The van der Waals surface area contributed by atoms with E-state index in [9.17, 15) is 9.59 Å². The molecule has 4 aromatic carbocycles. The van der Waals surface area contributed by atoms with Crippen molar-refractivity contribution < 1.29 is 14.3 Å². The van der Waals surface area contributed by atoms with Gasteiger partial charge in [-0.2, -0.15) is 0 Å². The summed E-state index contributed by atoms with van der Waals surface area (Å²) in [4.78, 5) is 27.9. The number of amides is 2. The van der Waals surface area contributed by atoms with Crippen LogP contribution in [0, 0.1) is 0 Å². The van der Waals surface area contributed by atoms with Gasteiger partial charge < -0.3 is 15.0 Å². The number of carbonyl (C=O) groups excluding carboxylic acids is 2. The molecular weight excluding hydrogens is 472 g/mol. The number of halogens is 1. The molecule has 1 aliphatic heterocycles. The van der Waals surface area contributed by atoms with Gasteiger partial charge in [-0.1, -0.05) is 72.3 Å². The van der Waals surface area contributed by atoms with Crippen molar-refractivity contribution in [1.82, 2.24) is 4.90 Å². The SMILES string of the molecule is O=C(COc1ccc2c(c1)[C@@H](c1ccccc1)N(C(=O)c1ccccc1)CC2)Nc1cccc(Cl)c1. The Labute approximate surface area is 215 Å². The Morgan fingerprint density at radius 3 is 2.39 bits per heavy atom. The van der Waals surface area contributed by atoms with Gasteiger partial charge in [0.15, 0.2) is 6.61 Å². The molecule has 0 unspecified atom stereocenters. The van der Waals surface area contributed by atoms with Gasteiger partial charge in [0.05, 0.1) is 6.04 Å². The summed E-state index contributed by atoms with van der Waals surface area (Å²) in [5, 5.41) is 3.34. The van der Waals surface area contributed by atoms with Crippen LogP contribution in [0.4, 0.5) is 5.69 Å². The number of fused-ring (bicyclic) bond motifs is 1. The quantitative estimate of drug-likeness (QED) is 0.348. The van der Waals surface area contributed by atoms with E-state index >= 15 is 0 Å². The molecule has 0 saturated carbocycles. The second-order valence-electron chi connectivity index (χ2n) is 8.64. The first kappa shape index (κ1) is 23.6. The molecule has 0 saturated heterocycles. The molecule has 0 aliphatic carbocycles. The minimum atomic E-state index is -0.282. The first-order valence-corrected chi connectivity index (χ1v) is 12.2. The lowest BCUT2D eigenvalue weighted by atomic mass is 9.87. The minimum Gasteiger partial charge on any atom is -0.484 e. The molecule has 1 atom stereocenters. The monoisotopic (exact) mass is 496 g/mol. The number of anilines is 1. The Kier molecular flexibility index (Phi) is 7.01. The highest BCUT2D eigenvalue weighted by molar-refractivity contribution is 6.30. The average Bonchev–Trinajstić information content (AvgIpc) is 2.91. The van der Waals surface area contributed by atoms with Gasteiger partial charge in [-0.05, 0) is 65.6 Å². The van der Waals surface area contributed by atoms with E-state index < -0.39 is 0 Å². The average molecular weight is 497 g/mol. The second-order valence-corrected chi connectivity index (χ2v) is 9.07. The summed E-state index contributed by atoms with van der Waals surface area (Å²) in [6, 6.07) is 31.9. The highest BCUT2D eigenvalue weighted by Gasteiger charge is 2.32. The number of carbonyl (C=O) groups is 2.